The number of anilines is 1. The summed E-state index contributed by atoms with van der Waals surface area (Å²) in [5.41, 5.74) is 1.36. The summed E-state index contributed by atoms with van der Waals surface area (Å²) < 4.78 is 0. The first-order valence-corrected chi connectivity index (χ1v) is 6.42. The van der Waals surface area contributed by atoms with Crippen molar-refractivity contribution in [1.29, 1.82) is 0 Å². The van der Waals surface area contributed by atoms with Crippen molar-refractivity contribution in [3.05, 3.63) is 29.8 Å². The third kappa shape index (κ3) is 2.79. The highest BCUT2D eigenvalue weighted by atomic mass is 16.4. The van der Waals surface area contributed by atoms with E-state index in [2.05, 4.69) is 5.32 Å². The van der Waals surface area contributed by atoms with Crippen molar-refractivity contribution in [3.8, 4) is 0 Å². The van der Waals surface area contributed by atoms with E-state index in [-0.39, 0.29) is 24.8 Å². The number of likely N-dealkylation sites (N-methyl/N-ethyl adjacent to an activating group) is 1. The smallest absolute Gasteiger partial charge is 0.323 e. The predicted molar refractivity (Wildman–Crippen MR) is 72.3 cm³/mol. The van der Waals surface area contributed by atoms with Crippen LogP contribution in [0.15, 0.2) is 24.3 Å². The molecule has 2 rings (SSSR count). The number of hydrogen-bond donors (Lipinski definition) is 2. The fourth-order valence-electron chi connectivity index (χ4n) is 2.36. The molecule has 2 amide bonds. The monoisotopic (exact) mass is 276 g/mol. The van der Waals surface area contributed by atoms with Crippen LogP contribution in [0.2, 0.25) is 0 Å². The van der Waals surface area contributed by atoms with Crippen molar-refractivity contribution in [2.75, 3.05) is 18.4 Å². The summed E-state index contributed by atoms with van der Waals surface area (Å²) >= 11 is 0. The first kappa shape index (κ1) is 14.0. The zero-order valence-corrected chi connectivity index (χ0v) is 11.1. The van der Waals surface area contributed by atoms with Crippen molar-refractivity contribution in [1.82, 2.24) is 4.90 Å². The lowest BCUT2D eigenvalue weighted by Crippen LogP contribution is -2.41. The first-order chi connectivity index (χ1) is 9.52. The van der Waals surface area contributed by atoms with Crippen molar-refractivity contribution >= 4 is 23.5 Å². The van der Waals surface area contributed by atoms with Gasteiger partial charge >= 0.3 is 5.97 Å². The van der Waals surface area contributed by atoms with E-state index in [0.29, 0.717) is 12.2 Å². The highest BCUT2D eigenvalue weighted by Crippen LogP contribution is 2.33. The number of hydrogen-bond acceptors (Lipinski definition) is 3. The van der Waals surface area contributed by atoms with E-state index in [1.54, 1.807) is 31.2 Å². The molecule has 1 heterocycles. The third-order valence-electron chi connectivity index (χ3n) is 3.32. The van der Waals surface area contributed by atoms with E-state index in [4.69, 9.17) is 5.11 Å². The lowest BCUT2D eigenvalue weighted by molar-refractivity contribution is -0.145. The quantitative estimate of drug-likeness (QED) is 0.860. The lowest BCUT2D eigenvalue weighted by Gasteiger charge is -2.29. The van der Waals surface area contributed by atoms with Crippen LogP contribution in [0, 0.1) is 0 Å². The maximum atomic E-state index is 12.5. The second-order valence-electron chi connectivity index (χ2n) is 4.64. The molecule has 6 nitrogen and oxygen atoms in total. The van der Waals surface area contributed by atoms with Gasteiger partial charge in [0.25, 0.3) is 0 Å². The Balaban J connectivity index is 2.29. The van der Waals surface area contributed by atoms with Crippen molar-refractivity contribution in [2.24, 2.45) is 0 Å². The Kier molecular flexibility index (Phi) is 4.02. The van der Waals surface area contributed by atoms with Crippen molar-refractivity contribution < 1.29 is 19.5 Å². The molecule has 0 spiro atoms. The number of rotatable bonds is 4. The summed E-state index contributed by atoms with van der Waals surface area (Å²) in [6.45, 7) is 1.66. The molecule has 6 heteroatoms. The number of carbonyl (C=O) groups excluding carboxylic acids is 2. The Bertz CT molecular complexity index is 556. The van der Waals surface area contributed by atoms with Crippen LogP contribution in [-0.4, -0.2) is 40.9 Å². The van der Waals surface area contributed by atoms with Crippen LogP contribution in [0.5, 0.6) is 0 Å². The van der Waals surface area contributed by atoms with Crippen molar-refractivity contribution in [2.45, 2.75) is 19.3 Å². The van der Waals surface area contributed by atoms with Gasteiger partial charge in [0.15, 0.2) is 0 Å². The van der Waals surface area contributed by atoms with Gasteiger partial charge in [-0.15, -0.1) is 0 Å². The summed E-state index contributed by atoms with van der Waals surface area (Å²) in [5, 5.41) is 11.6. The summed E-state index contributed by atoms with van der Waals surface area (Å²) in [4.78, 5) is 36.2. The van der Waals surface area contributed by atoms with E-state index in [0.717, 1.165) is 5.56 Å². The van der Waals surface area contributed by atoms with Crippen LogP contribution in [0.1, 0.15) is 24.8 Å². The molecule has 0 aromatic heterocycles. The molecule has 106 valence electrons. The molecule has 0 radical (unpaired) electrons. The van der Waals surface area contributed by atoms with Crippen LogP contribution >= 0.6 is 0 Å². The number of benzene rings is 1. The molecule has 0 bridgehead atoms. The van der Waals surface area contributed by atoms with Gasteiger partial charge in [-0.1, -0.05) is 18.2 Å². The van der Waals surface area contributed by atoms with Crippen LogP contribution in [-0.2, 0) is 14.4 Å². The Morgan fingerprint density at radius 1 is 1.40 bits per heavy atom. The van der Waals surface area contributed by atoms with Gasteiger partial charge in [0.2, 0.25) is 11.8 Å². The number of para-hydroxylation sites is 1. The number of carboxylic acids is 1. The fourth-order valence-corrected chi connectivity index (χ4v) is 2.36. The van der Waals surface area contributed by atoms with Gasteiger partial charge in [-0.25, -0.2) is 0 Å². The largest absolute Gasteiger partial charge is 0.480 e. The van der Waals surface area contributed by atoms with Crippen LogP contribution < -0.4 is 5.32 Å². The molecular formula is C14H16N2O4. The standard InChI is InChI=1S/C14H16N2O4/c1-2-16(8-13(18)19)14(20)10-7-12(17)15-11-6-4-3-5-9(10)11/h3-6,10H,2,7-8H2,1H3,(H,15,17)(H,18,19). The average Bonchev–Trinajstić information content (AvgIpc) is 2.42. The highest BCUT2D eigenvalue weighted by molar-refractivity contribution is 6.01. The summed E-state index contributed by atoms with van der Waals surface area (Å²) in [7, 11) is 0. The molecular weight excluding hydrogens is 260 g/mol. The number of carboxylic acid groups (broad SMARTS) is 1. The average molecular weight is 276 g/mol. The first-order valence-electron chi connectivity index (χ1n) is 6.42. The third-order valence-corrected chi connectivity index (χ3v) is 3.32. The molecule has 0 saturated carbocycles. The minimum atomic E-state index is -1.06. The fraction of sp³-hybridized carbons (Fsp3) is 0.357. The minimum Gasteiger partial charge on any atom is -0.480 e. The second-order valence-corrected chi connectivity index (χ2v) is 4.64. The van der Waals surface area contributed by atoms with Gasteiger partial charge in [-0.3, -0.25) is 14.4 Å². The second kappa shape index (κ2) is 5.73. The Morgan fingerprint density at radius 3 is 2.75 bits per heavy atom. The Hall–Kier alpha value is -2.37. The molecule has 2 N–H and O–H groups in total. The number of carbonyl (C=O) groups is 3. The molecule has 1 unspecified atom stereocenters. The van der Waals surface area contributed by atoms with E-state index in [1.165, 1.54) is 4.90 Å². The normalized spacial score (nSPS) is 17.1. The summed E-state index contributed by atoms with van der Waals surface area (Å²) in [6.07, 6.45) is 0.0476. The van der Waals surface area contributed by atoms with Gasteiger partial charge in [-0.2, -0.15) is 0 Å². The van der Waals surface area contributed by atoms with Gasteiger partial charge in [0.05, 0.1) is 5.92 Å². The van der Waals surface area contributed by atoms with Gasteiger partial charge < -0.3 is 15.3 Å². The number of fused-ring (bicyclic) bond motifs is 1. The molecule has 0 aliphatic carbocycles. The number of aliphatic carboxylic acids is 1. The van der Waals surface area contributed by atoms with Crippen molar-refractivity contribution in [3.63, 3.8) is 0 Å². The van der Waals surface area contributed by atoms with Gasteiger partial charge in [0, 0.05) is 18.7 Å². The van der Waals surface area contributed by atoms with E-state index in [9.17, 15) is 14.4 Å². The summed E-state index contributed by atoms with van der Waals surface area (Å²) in [5.74, 6) is -2.22. The Labute approximate surface area is 116 Å². The number of nitrogens with one attached hydrogen (secondary N) is 1. The molecule has 1 aliphatic rings. The zero-order chi connectivity index (χ0) is 14.7. The molecule has 1 aromatic rings. The SMILES string of the molecule is CCN(CC(=O)O)C(=O)C1CC(=O)Nc2ccccc21. The molecule has 1 aromatic carbocycles. The predicted octanol–water partition coefficient (Wildman–Crippen LogP) is 1.05. The van der Waals surface area contributed by atoms with E-state index >= 15 is 0 Å². The van der Waals surface area contributed by atoms with E-state index < -0.39 is 11.9 Å². The van der Waals surface area contributed by atoms with Gasteiger partial charge in [-0.05, 0) is 18.6 Å². The minimum absolute atomic E-state index is 0.0476. The van der Waals surface area contributed by atoms with Crippen LogP contribution in [0.3, 0.4) is 0 Å². The lowest BCUT2D eigenvalue weighted by atomic mass is 9.89. The molecule has 20 heavy (non-hydrogen) atoms. The highest BCUT2D eigenvalue weighted by Gasteiger charge is 2.33. The maximum absolute atomic E-state index is 12.5. The molecule has 1 atom stereocenters. The molecule has 0 fully saturated rings. The topological polar surface area (TPSA) is 86.7 Å². The summed E-state index contributed by atoms with van der Waals surface area (Å²) in [6, 6.07) is 7.09. The Morgan fingerprint density at radius 2 is 2.10 bits per heavy atom. The molecule has 1 aliphatic heterocycles. The maximum Gasteiger partial charge on any atom is 0.323 e. The zero-order valence-electron chi connectivity index (χ0n) is 11.1. The van der Waals surface area contributed by atoms with Crippen LogP contribution in [0.25, 0.3) is 0 Å². The van der Waals surface area contributed by atoms with Gasteiger partial charge in [0.1, 0.15) is 6.54 Å². The van der Waals surface area contributed by atoms with Crippen LogP contribution in [0.4, 0.5) is 5.69 Å². The van der Waals surface area contributed by atoms with E-state index in [1.807, 2.05) is 0 Å². The number of nitrogens with zero attached hydrogens (tertiary/aromatic N) is 1. The number of amides is 2. The molecule has 0 saturated heterocycles.